The number of fused-ring (bicyclic) bond motifs is 1. The largest absolute Gasteiger partial charge is 0.478 e. The minimum atomic E-state index is -1.15. The highest BCUT2D eigenvalue weighted by atomic mass is 16.5. The molecule has 0 bridgehead atoms. The van der Waals surface area contributed by atoms with E-state index in [1.165, 1.54) is 31.0 Å². The van der Waals surface area contributed by atoms with Crippen molar-refractivity contribution in [1.82, 2.24) is 15.1 Å². The fraction of sp³-hybridized carbons (Fsp3) is 0.314. The third kappa shape index (κ3) is 6.28. The lowest BCUT2D eigenvalue weighted by Gasteiger charge is -2.36. The summed E-state index contributed by atoms with van der Waals surface area (Å²) >= 11 is 0. The molecule has 3 aromatic carbocycles. The Labute approximate surface area is 255 Å². The summed E-state index contributed by atoms with van der Waals surface area (Å²) in [7, 11) is 0. The third-order valence-electron chi connectivity index (χ3n) is 8.69. The van der Waals surface area contributed by atoms with Gasteiger partial charge in [0, 0.05) is 54.7 Å². The Morgan fingerprint density at radius 2 is 1.66 bits per heavy atom. The standard InChI is InChI=1S/C35H36N4O5/c40-31(41)18-13-24-11-15-27(16-12-24)36-34(43)35(19-21-44-22-20-35)37-33(42)26-14-17-29-30(23-26)38-39(28-9-5-2-6-10-28)32(29)25-7-3-1-4-8-25/h2,5-6,9-18,23,25H,1,3-4,7-8,19-22H2,(H,36,43)(H,37,42)(H,40,41). The van der Waals surface area contributed by atoms with Crippen LogP contribution in [-0.4, -0.2) is 51.4 Å². The highest BCUT2D eigenvalue weighted by Gasteiger charge is 2.42. The number of para-hydroxylation sites is 1. The van der Waals surface area contributed by atoms with E-state index in [2.05, 4.69) is 22.8 Å². The van der Waals surface area contributed by atoms with Gasteiger partial charge in [-0.1, -0.05) is 55.7 Å². The van der Waals surface area contributed by atoms with Crippen molar-refractivity contribution >= 4 is 40.4 Å². The molecule has 6 rings (SSSR count). The van der Waals surface area contributed by atoms with Gasteiger partial charge in [-0.2, -0.15) is 5.10 Å². The number of hydrogen-bond acceptors (Lipinski definition) is 5. The summed E-state index contributed by atoms with van der Waals surface area (Å²) in [5.74, 6) is -1.29. The van der Waals surface area contributed by atoms with Crippen molar-refractivity contribution < 1.29 is 24.2 Å². The first-order chi connectivity index (χ1) is 21.4. The van der Waals surface area contributed by atoms with Crippen LogP contribution in [0.1, 0.15) is 72.5 Å². The van der Waals surface area contributed by atoms with Crippen LogP contribution in [0.15, 0.2) is 78.9 Å². The number of aromatic nitrogens is 2. The predicted molar refractivity (Wildman–Crippen MR) is 169 cm³/mol. The number of nitrogens with one attached hydrogen (secondary N) is 2. The van der Waals surface area contributed by atoms with E-state index in [4.69, 9.17) is 14.9 Å². The quantitative estimate of drug-likeness (QED) is 0.213. The Bertz CT molecular complexity index is 1680. The third-order valence-corrected chi connectivity index (χ3v) is 8.69. The smallest absolute Gasteiger partial charge is 0.328 e. The molecule has 226 valence electrons. The highest BCUT2D eigenvalue weighted by molar-refractivity contribution is 6.05. The van der Waals surface area contributed by atoms with E-state index >= 15 is 0 Å². The summed E-state index contributed by atoms with van der Waals surface area (Å²) in [5, 5.41) is 20.9. The van der Waals surface area contributed by atoms with Crippen molar-refractivity contribution in [3.05, 3.63) is 95.7 Å². The van der Waals surface area contributed by atoms with Crippen molar-refractivity contribution in [2.24, 2.45) is 0 Å². The van der Waals surface area contributed by atoms with Crippen LogP contribution in [0.4, 0.5) is 5.69 Å². The molecule has 0 unspecified atom stereocenters. The van der Waals surface area contributed by atoms with E-state index in [0.717, 1.165) is 35.5 Å². The van der Waals surface area contributed by atoms with Gasteiger partial charge in [-0.3, -0.25) is 9.59 Å². The molecule has 2 amide bonds. The molecule has 0 spiro atoms. The van der Waals surface area contributed by atoms with Crippen LogP contribution in [0, 0.1) is 0 Å². The number of ether oxygens (including phenoxy) is 1. The van der Waals surface area contributed by atoms with Gasteiger partial charge in [0.2, 0.25) is 5.91 Å². The summed E-state index contributed by atoms with van der Waals surface area (Å²) in [6, 6.07) is 22.6. The average molecular weight is 593 g/mol. The number of aliphatic carboxylic acids is 1. The van der Waals surface area contributed by atoms with Crippen LogP contribution >= 0.6 is 0 Å². The van der Waals surface area contributed by atoms with Crippen molar-refractivity contribution in [2.75, 3.05) is 18.5 Å². The molecule has 1 aliphatic heterocycles. The zero-order valence-electron chi connectivity index (χ0n) is 24.5. The van der Waals surface area contributed by atoms with Gasteiger partial charge in [0.15, 0.2) is 0 Å². The monoisotopic (exact) mass is 592 g/mol. The number of carbonyl (C=O) groups is 3. The van der Waals surface area contributed by atoms with Gasteiger partial charge >= 0.3 is 5.97 Å². The maximum Gasteiger partial charge on any atom is 0.328 e. The van der Waals surface area contributed by atoms with E-state index in [1.807, 2.05) is 41.1 Å². The highest BCUT2D eigenvalue weighted by Crippen LogP contribution is 2.38. The van der Waals surface area contributed by atoms with Crippen LogP contribution in [0.3, 0.4) is 0 Å². The second kappa shape index (κ2) is 12.9. The number of nitrogens with zero attached hydrogens (tertiary/aromatic N) is 2. The molecular formula is C35H36N4O5. The van der Waals surface area contributed by atoms with Gasteiger partial charge in [-0.15, -0.1) is 0 Å². The molecule has 2 heterocycles. The zero-order valence-corrected chi connectivity index (χ0v) is 24.5. The number of carboxylic acid groups (broad SMARTS) is 1. The summed E-state index contributed by atoms with van der Waals surface area (Å²) < 4.78 is 7.59. The van der Waals surface area contributed by atoms with Gasteiger partial charge in [0.05, 0.1) is 16.9 Å². The SMILES string of the molecule is O=C(O)C=Cc1ccc(NC(=O)C2(NC(=O)c3ccc4c(C5CCCCC5)n(-c5ccccc5)nc4c3)CCOCC2)cc1. The predicted octanol–water partition coefficient (Wildman–Crippen LogP) is 6.09. The first-order valence-corrected chi connectivity index (χ1v) is 15.2. The molecule has 4 aromatic rings. The molecule has 1 aromatic heterocycles. The maximum atomic E-state index is 13.7. The summed E-state index contributed by atoms with van der Waals surface area (Å²) in [6.07, 6.45) is 9.11. The molecule has 0 atom stereocenters. The van der Waals surface area contributed by atoms with Crippen LogP contribution in [0.5, 0.6) is 0 Å². The molecule has 1 saturated carbocycles. The van der Waals surface area contributed by atoms with E-state index in [-0.39, 0.29) is 11.8 Å². The molecule has 1 saturated heterocycles. The molecule has 9 nitrogen and oxygen atoms in total. The van der Waals surface area contributed by atoms with Crippen molar-refractivity contribution in [3.8, 4) is 5.69 Å². The summed E-state index contributed by atoms with van der Waals surface area (Å²) in [6.45, 7) is 0.690. The number of hydrogen-bond donors (Lipinski definition) is 3. The van der Waals surface area contributed by atoms with Gasteiger partial charge < -0.3 is 20.5 Å². The lowest BCUT2D eigenvalue weighted by Crippen LogP contribution is -2.59. The number of amides is 2. The minimum Gasteiger partial charge on any atom is -0.478 e. The van der Waals surface area contributed by atoms with Crippen molar-refractivity contribution in [3.63, 3.8) is 0 Å². The zero-order chi connectivity index (χ0) is 30.5. The molecule has 2 fully saturated rings. The van der Waals surface area contributed by atoms with Gasteiger partial charge in [0.25, 0.3) is 5.91 Å². The van der Waals surface area contributed by atoms with E-state index in [0.29, 0.717) is 48.8 Å². The van der Waals surface area contributed by atoms with Gasteiger partial charge in [-0.05, 0) is 60.9 Å². The topological polar surface area (TPSA) is 123 Å². The molecule has 44 heavy (non-hydrogen) atoms. The Hall–Kier alpha value is -4.76. The molecule has 1 aliphatic carbocycles. The number of benzene rings is 3. The fourth-order valence-electron chi connectivity index (χ4n) is 6.30. The Kier molecular flexibility index (Phi) is 8.56. The minimum absolute atomic E-state index is 0.322. The van der Waals surface area contributed by atoms with E-state index in [9.17, 15) is 14.4 Å². The maximum absolute atomic E-state index is 13.7. The van der Waals surface area contributed by atoms with Crippen molar-refractivity contribution in [1.29, 1.82) is 0 Å². The van der Waals surface area contributed by atoms with Crippen LogP contribution in [-0.2, 0) is 14.3 Å². The van der Waals surface area contributed by atoms with E-state index < -0.39 is 11.5 Å². The molecule has 0 radical (unpaired) electrons. The Morgan fingerprint density at radius 3 is 2.36 bits per heavy atom. The number of rotatable bonds is 8. The van der Waals surface area contributed by atoms with Crippen LogP contribution in [0.2, 0.25) is 0 Å². The van der Waals surface area contributed by atoms with Crippen LogP contribution in [0.25, 0.3) is 22.7 Å². The Balaban J connectivity index is 1.26. The summed E-state index contributed by atoms with van der Waals surface area (Å²) in [5.41, 5.74) is 3.48. The summed E-state index contributed by atoms with van der Waals surface area (Å²) in [4.78, 5) is 38.2. The molecular weight excluding hydrogens is 556 g/mol. The fourth-order valence-corrected chi connectivity index (χ4v) is 6.30. The van der Waals surface area contributed by atoms with Crippen molar-refractivity contribution in [2.45, 2.75) is 56.4 Å². The second-order valence-electron chi connectivity index (χ2n) is 11.6. The van der Waals surface area contributed by atoms with E-state index in [1.54, 1.807) is 24.3 Å². The van der Waals surface area contributed by atoms with Gasteiger partial charge in [0.1, 0.15) is 5.54 Å². The van der Waals surface area contributed by atoms with Crippen LogP contribution < -0.4 is 10.6 Å². The Morgan fingerprint density at radius 1 is 0.932 bits per heavy atom. The number of carbonyl (C=O) groups excluding carboxylic acids is 2. The first-order valence-electron chi connectivity index (χ1n) is 15.2. The first kappa shape index (κ1) is 29.3. The lowest BCUT2D eigenvalue weighted by atomic mass is 9.85. The lowest BCUT2D eigenvalue weighted by molar-refractivity contribution is -0.131. The average Bonchev–Trinajstić information content (AvgIpc) is 3.44. The molecule has 9 heteroatoms. The van der Waals surface area contributed by atoms with Gasteiger partial charge in [-0.25, -0.2) is 9.48 Å². The number of anilines is 1. The second-order valence-corrected chi connectivity index (χ2v) is 11.6. The molecule has 2 aliphatic rings. The normalized spacial score (nSPS) is 17.0. The molecule has 3 N–H and O–H groups in total. The number of carboxylic acids is 1.